The van der Waals surface area contributed by atoms with E-state index in [9.17, 15) is 13.2 Å². The first kappa shape index (κ1) is 16.8. The summed E-state index contributed by atoms with van der Waals surface area (Å²) in [5.41, 5.74) is 5.06. The number of nitrogens with two attached hydrogens (primary N) is 1. The van der Waals surface area contributed by atoms with Crippen molar-refractivity contribution in [2.24, 2.45) is 5.73 Å². The lowest BCUT2D eigenvalue weighted by molar-refractivity contribution is -0.117. The summed E-state index contributed by atoms with van der Waals surface area (Å²) in [6.07, 6.45) is 0. The number of benzene rings is 2. The summed E-state index contributed by atoms with van der Waals surface area (Å²) in [5, 5.41) is -1.28. The van der Waals surface area contributed by atoms with Gasteiger partial charge in [0.05, 0.1) is 12.0 Å². The predicted molar refractivity (Wildman–Crippen MR) is 85.4 cm³/mol. The molecule has 1 atom stereocenters. The Hall–Kier alpha value is -2.54. The molecule has 0 bridgehead atoms. The molecule has 122 valence electrons. The highest BCUT2D eigenvalue weighted by atomic mass is 32.2. The Morgan fingerprint density at radius 2 is 1.39 bits per heavy atom. The Morgan fingerprint density at radius 3 is 1.83 bits per heavy atom. The number of carbonyl (C=O) groups excluding carboxylic acids is 1. The largest absolute Gasteiger partial charge is 0.497 e. The lowest BCUT2D eigenvalue weighted by Crippen LogP contribution is -2.33. The number of hydrogen-bond donors (Lipinski definition) is 1. The van der Waals surface area contributed by atoms with Crippen LogP contribution in [0.3, 0.4) is 0 Å². The summed E-state index contributed by atoms with van der Waals surface area (Å²) < 4.78 is 35.0. The zero-order chi connectivity index (χ0) is 17.0. The molecule has 0 aliphatic carbocycles. The number of methoxy groups -OCH3 is 1. The zero-order valence-corrected chi connectivity index (χ0v) is 13.5. The number of rotatable bonds is 6. The maximum Gasteiger partial charge on any atom is 0.235 e. The van der Waals surface area contributed by atoms with Gasteiger partial charge in [0, 0.05) is 0 Å². The van der Waals surface area contributed by atoms with Gasteiger partial charge in [-0.25, -0.2) is 8.42 Å². The molecule has 2 rings (SSSR count). The van der Waals surface area contributed by atoms with E-state index in [4.69, 9.17) is 15.2 Å². The lowest BCUT2D eigenvalue weighted by Gasteiger charge is -2.11. The molecule has 0 radical (unpaired) electrons. The van der Waals surface area contributed by atoms with Gasteiger partial charge in [0.2, 0.25) is 5.91 Å². The van der Waals surface area contributed by atoms with Crippen LogP contribution in [0.15, 0.2) is 53.4 Å². The SMILES string of the molecule is COc1ccc(Oc2ccc(S(=O)(=O)C(C)C(N)=O)cc2)cc1. The number of hydrogen-bond acceptors (Lipinski definition) is 5. The van der Waals surface area contributed by atoms with Crippen molar-refractivity contribution in [2.75, 3.05) is 7.11 Å². The second-order valence-electron chi connectivity index (χ2n) is 4.84. The van der Waals surface area contributed by atoms with Crippen molar-refractivity contribution in [3.05, 3.63) is 48.5 Å². The van der Waals surface area contributed by atoms with Gasteiger partial charge in [0.1, 0.15) is 22.5 Å². The molecule has 1 unspecified atom stereocenters. The first-order chi connectivity index (χ1) is 10.8. The molecule has 2 N–H and O–H groups in total. The average molecular weight is 335 g/mol. The van der Waals surface area contributed by atoms with E-state index < -0.39 is 21.0 Å². The molecule has 23 heavy (non-hydrogen) atoms. The molecule has 7 heteroatoms. The molecule has 0 aliphatic rings. The van der Waals surface area contributed by atoms with Crippen molar-refractivity contribution in [2.45, 2.75) is 17.1 Å². The predicted octanol–water partition coefficient (Wildman–Crippen LogP) is 2.13. The van der Waals surface area contributed by atoms with Crippen LogP contribution in [0, 0.1) is 0 Å². The monoisotopic (exact) mass is 335 g/mol. The summed E-state index contributed by atoms with van der Waals surface area (Å²) in [6.45, 7) is 1.26. The van der Waals surface area contributed by atoms with Gasteiger partial charge < -0.3 is 15.2 Å². The molecule has 1 amide bonds. The van der Waals surface area contributed by atoms with Crippen molar-refractivity contribution in [3.8, 4) is 17.2 Å². The Morgan fingerprint density at radius 1 is 0.957 bits per heavy atom. The Bertz CT molecular complexity index is 782. The first-order valence-corrected chi connectivity index (χ1v) is 8.34. The Labute approximate surface area is 134 Å². The minimum atomic E-state index is -3.78. The fourth-order valence-electron chi connectivity index (χ4n) is 1.83. The molecule has 2 aromatic carbocycles. The van der Waals surface area contributed by atoms with E-state index in [0.717, 1.165) is 0 Å². The molecule has 0 aliphatic heterocycles. The Balaban J connectivity index is 2.17. The summed E-state index contributed by atoms with van der Waals surface area (Å²) in [7, 11) is -2.21. The average Bonchev–Trinajstić information content (AvgIpc) is 2.55. The van der Waals surface area contributed by atoms with Crippen molar-refractivity contribution in [3.63, 3.8) is 0 Å². The molecular formula is C16H17NO5S. The van der Waals surface area contributed by atoms with Gasteiger partial charge in [-0.1, -0.05) is 0 Å². The summed E-state index contributed by atoms with van der Waals surface area (Å²) >= 11 is 0. The summed E-state index contributed by atoms with van der Waals surface area (Å²) in [6, 6.07) is 12.8. The molecule has 2 aromatic rings. The highest BCUT2D eigenvalue weighted by molar-refractivity contribution is 7.92. The standard InChI is InChI=1S/C16H17NO5S/c1-11(16(17)18)23(19,20)15-9-7-14(8-10-15)22-13-5-3-12(21-2)4-6-13/h3-11H,1-2H3,(H2,17,18). The summed E-state index contributed by atoms with van der Waals surface area (Å²) in [4.78, 5) is 11.1. The smallest absolute Gasteiger partial charge is 0.235 e. The van der Waals surface area contributed by atoms with Gasteiger partial charge in [-0.15, -0.1) is 0 Å². The highest BCUT2D eigenvalue weighted by Crippen LogP contribution is 2.25. The summed E-state index contributed by atoms with van der Waals surface area (Å²) in [5.74, 6) is 0.885. The maximum absolute atomic E-state index is 12.2. The van der Waals surface area contributed by atoms with E-state index in [1.54, 1.807) is 31.4 Å². The van der Waals surface area contributed by atoms with Crippen LogP contribution in [0.25, 0.3) is 0 Å². The van der Waals surface area contributed by atoms with E-state index in [0.29, 0.717) is 17.2 Å². The van der Waals surface area contributed by atoms with Crippen molar-refractivity contribution < 1.29 is 22.7 Å². The highest BCUT2D eigenvalue weighted by Gasteiger charge is 2.27. The quantitative estimate of drug-likeness (QED) is 0.872. The second kappa shape index (κ2) is 6.70. The third-order valence-corrected chi connectivity index (χ3v) is 5.41. The van der Waals surface area contributed by atoms with Crippen LogP contribution >= 0.6 is 0 Å². The second-order valence-corrected chi connectivity index (χ2v) is 7.11. The normalized spacial score (nSPS) is 12.4. The molecule has 0 fully saturated rings. The fourth-order valence-corrected chi connectivity index (χ4v) is 3.06. The number of carbonyl (C=O) groups is 1. The van der Waals surface area contributed by atoms with Crippen LogP contribution in [0.1, 0.15) is 6.92 Å². The van der Waals surface area contributed by atoms with Gasteiger partial charge in [0.25, 0.3) is 0 Å². The van der Waals surface area contributed by atoms with Gasteiger partial charge >= 0.3 is 0 Å². The van der Waals surface area contributed by atoms with E-state index >= 15 is 0 Å². The number of amides is 1. The van der Waals surface area contributed by atoms with Crippen molar-refractivity contribution >= 4 is 15.7 Å². The van der Waals surface area contributed by atoms with E-state index in [1.165, 1.54) is 31.2 Å². The maximum atomic E-state index is 12.2. The van der Waals surface area contributed by atoms with Crippen LogP contribution in [0.2, 0.25) is 0 Å². The molecule has 6 nitrogen and oxygen atoms in total. The molecule has 0 saturated carbocycles. The molecule has 0 spiro atoms. The molecule has 0 aromatic heterocycles. The van der Waals surface area contributed by atoms with Gasteiger partial charge in [-0.2, -0.15) is 0 Å². The Kier molecular flexibility index (Phi) is 4.90. The van der Waals surface area contributed by atoms with Crippen LogP contribution in [-0.4, -0.2) is 26.7 Å². The first-order valence-electron chi connectivity index (χ1n) is 6.80. The van der Waals surface area contributed by atoms with Gasteiger partial charge in [-0.3, -0.25) is 4.79 Å². The van der Waals surface area contributed by atoms with Crippen LogP contribution < -0.4 is 15.2 Å². The zero-order valence-electron chi connectivity index (χ0n) is 12.7. The fraction of sp³-hybridized carbons (Fsp3) is 0.188. The topological polar surface area (TPSA) is 95.7 Å². The van der Waals surface area contributed by atoms with Crippen molar-refractivity contribution in [1.82, 2.24) is 0 Å². The van der Waals surface area contributed by atoms with Gasteiger partial charge in [-0.05, 0) is 55.5 Å². The van der Waals surface area contributed by atoms with Gasteiger partial charge in [0.15, 0.2) is 9.84 Å². The van der Waals surface area contributed by atoms with E-state index in [1.807, 2.05) is 0 Å². The van der Waals surface area contributed by atoms with E-state index in [-0.39, 0.29) is 4.90 Å². The molecule has 0 heterocycles. The number of primary amides is 1. The number of ether oxygens (including phenoxy) is 2. The van der Waals surface area contributed by atoms with Crippen LogP contribution in [-0.2, 0) is 14.6 Å². The number of sulfone groups is 1. The third kappa shape index (κ3) is 3.81. The lowest BCUT2D eigenvalue weighted by atomic mass is 10.3. The van der Waals surface area contributed by atoms with Crippen molar-refractivity contribution in [1.29, 1.82) is 0 Å². The van der Waals surface area contributed by atoms with Crippen LogP contribution in [0.4, 0.5) is 0 Å². The van der Waals surface area contributed by atoms with Crippen LogP contribution in [0.5, 0.6) is 17.2 Å². The minimum Gasteiger partial charge on any atom is -0.497 e. The molecular weight excluding hydrogens is 318 g/mol. The minimum absolute atomic E-state index is 0.0193. The van der Waals surface area contributed by atoms with E-state index in [2.05, 4.69) is 0 Å². The molecule has 0 saturated heterocycles. The third-order valence-electron chi connectivity index (χ3n) is 3.31.